The minimum absolute atomic E-state index is 1.03. The van der Waals surface area contributed by atoms with E-state index in [0.29, 0.717) is 0 Å². The van der Waals surface area contributed by atoms with Gasteiger partial charge in [-0.05, 0) is 108 Å². The van der Waals surface area contributed by atoms with Crippen LogP contribution in [-0.2, 0) is 0 Å². The second-order valence-electron chi connectivity index (χ2n) is 12.2. The van der Waals surface area contributed by atoms with Gasteiger partial charge >= 0.3 is 0 Å². The van der Waals surface area contributed by atoms with E-state index >= 15 is 0 Å². The molecule has 0 aliphatic rings. The molecule has 3 aromatic heterocycles. The molecule has 0 unspecified atom stereocenters. The molecule has 6 heteroatoms. The Morgan fingerprint density at radius 2 is 0.820 bits per heavy atom. The van der Waals surface area contributed by atoms with Crippen molar-refractivity contribution in [3.05, 3.63) is 164 Å². The van der Waals surface area contributed by atoms with Crippen LogP contribution in [0.15, 0.2) is 164 Å². The monoisotopic (exact) mass is 693 g/mol. The maximum absolute atomic E-state index is 4.90. The number of thiophene rings is 1. The Bertz CT molecular complexity index is 2630. The first-order valence-electron chi connectivity index (χ1n) is 16.5. The van der Waals surface area contributed by atoms with E-state index < -0.39 is 0 Å². The van der Waals surface area contributed by atoms with Gasteiger partial charge in [0.1, 0.15) is 10.0 Å². The molecule has 0 atom stereocenters. The predicted molar refractivity (Wildman–Crippen MR) is 217 cm³/mol. The van der Waals surface area contributed by atoms with Crippen molar-refractivity contribution in [1.82, 2.24) is 9.97 Å². The number of hydrogen-bond donors (Lipinski definition) is 0. The summed E-state index contributed by atoms with van der Waals surface area (Å²) in [5.41, 5.74) is 10.0. The fourth-order valence-electron chi connectivity index (χ4n) is 6.75. The maximum atomic E-state index is 4.90. The predicted octanol–water partition coefficient (Wildman–Crippen LogP) is 13.7. The van der Waals surface area contributed by atoms with E-state index in [9.17, 15) is 0 Å². The van der Waals surface area contributed by atoms with Gasteiger partial charge in [-0.3, -0.25) is 0 Å². The molecule has 0 N–H and O–H groups in total. The standard InChI is InChI=1S/C44H27N3S3/c1-4-12-38-35(8-1)42-34(9-7-15-41(42)48-38)28-16-22-31(23-17-28)47(32-24-18-29(19-25-32)43-45-36-10-2-5-13-39(36)49-43)33-26-20-30(21-27-33)44-46-37-11-3-6-14-40(37)50-44/h1-27H. The van der Waals surface area contributed by atoms with Gasteiger partial charge < -0.3 is 4.90 Å². The van der Waals surface area contributed by atoms with Crippen LogP contribution in [0.2, 0.25) is 0 Å². The lowest BCUT2D eigenvalue weighted by atomic mass is 9.99. The Balaban J connectivity index is 1.05. The van der Waals surface area contributed by atoms with Crippen molar-refractivity contribution in [2.75, 3.05) is 4.90 Å². The number of fused-ring (bicyclic) bond motifs is 5. The summed E-state index contributed by atoms with van der Waals surface area (Å²) in [5, 5.41) is 4.71. The second kappa shape index (κ2) is 12.0. The Hall–Kier alpha value is -5.66. The molecule has 0 fully saturated rings. The van der Waals surface area contributed by atoms with Crippen molar-refractivity contribution in [2.45, 2.75) is 0 Å². The largest absolute Gasteiger partial charge is 0.311 e. The third-order valence-electron chi connectivity index (χ3n) is 9.17. The highest BCUT2D eigenvalue weighted by atomic mass is 32.1. The summed E-state index contributed by atoms with van der Waals surface area (Å²) in [6.07, 6.45) is 0. The molecule has 0 saturated carbocycles. The van der Waals surface area contributed by atoms with Crippen LogP contribution in [0.25, 0.3) is 72.9 Å². The summed E-state index contributed by atoms with van der Waals surface area (Å²) >= 11 is 5.32. The number of hydrogen-bond acceptors (Lipinski definition) is 6. The fraction of sp³-hybridized carbons (Fsp3) is 0. The molecule has 0 amide bonds. The maximum Gasteiger partial charge on any atom is 0.124 e. The van der Waals surface area contributed by atoms with Crippen LogP contribution in [0.3, 0.4) is 0 Å². The van der Waals surface area contributed by atoms with E-state index in [1.807, 2.05) is 23.5 Å². The first kappa shape index (κ1) is 29.3. The van der Waals surface area contributed by atoms with Gasteiger partial charge in [0.05, 0.1) is 20.4 Å². The summed E-state index contributed by atoms with van der Waals surface area (Å²) in [6.45, 7) is 0. The molecule has 0 aliphatic carbocycles. The van der Waals surface area contributed by atoms with Gasteiger partial charge in [-0.1, -0.05) is 66.7 Å². The van der Waals surface area contributed by atoms with E-state index in [1.165, 1.54) is 40.7 Å². The van der Waals surface area contributed by atoms with Crippen molar-refractivity contribution in [1.29, 1.82) is 0 Å². The van der Waals surface area contributed by atoms with E-state index in [2.05, 4.69) is 157 Å². The third kappa shape index (κ3) is 5.08. The first-order chi connectivity index (χ1) is 24.7. The normalized spacial score (nSPS) is 11.6. The molecule has 0 spiro atoms. The molecule has 0 radical (unpaired) electrons. The molecule has 10 rings (SSSR count). The number of benzene rings is 7. The molecule has 10 aromatic rings. The Morgan fingerprint density at radius 3 is 1.36 bits per heavy atom. The van der Waals surface area contributed by atoms with Crippen LogP contribution in [0.1, 0.15) is 0 Å². The second-order valence-corrected chi connectivity index (χ2v) is 15.4. The Labute approximate surface area is 301 Å². The first-order valence-corrected chi connectivity index (χ1v) is 18.9. The molecule has 7 aromatic carbocycles. The van der Waals surface area contributed by atoms with Crippen molar-refractivity contribution < 1.29 is 0 Å². The molecule has 236 valence electrons. The molecule has 0 aliphatic heterocycles. The van der Waals surface area contributed by atoms with E-state index in [-0.39, 0.29) is 0 Å². The molecule has 3 nitrogen and oxygen atoms in total. The van der Waals surface area contributed by atoms with Crippen LogP contribution >= 0.6 is 34.0 Å². The molecular formula is C44H27N3S3. The van der Waals surface area contributed by atoms with Gasteiger partial charge in [0.15, 0.2) is 0 Å². The molecule has 50 heavy (non-hydrogen) atoms. The summed E-state index contributed by atoms with van der Waals surface area (Å²) in [7, 11) is 0. The van der Waals surface area contributed by atoms with Gasteiger partial charge in [-0.25, -0.2) is 9.97 Å². The Morgan fingerprint density at radius 1 is 0.360 bits per heavy atom. The van der Waals surface area contributed by atoms with E-state index in [1.54, 1.807) is 22.7 Å². The smallest absolute Gasteiger partial charge is 0.124 e. The zero-order valence-corrected chi connectivity index (χ0v) is 29.1. The van der Waals surface area contributed by atoms with Crippen LogP contribution in [-0.4, -0.2) is 9.97 Å². The quantitative estimate of drug-likeness (QED) is 0.174. The molecule has 0 saturated heterocycles. The molecule has 3 heterocycles. The number of thiazole rings is 2. The zero-order valence-electron chi connectivity index (χ0n) is 26.7. The highest BCUT2D eigenvalue weighted by molar-refractivity contribution is 7.26. The van der Waals surface area contributed by atoms with Crippen LogP contribution in [0.5, 0.6) is 0 Å². The summed E-state index contributed by atoms with van der Waals surface area (Å²) < 4.78 is 5.04. The zero-order chi connectivity index (χ0) is 33.0. The summed E-state index contributed by atoms with van der Waals surface area (Å²) in [5.74, 6) is 0. The summed E-state index contributed by atoms with van der Waals surface area (Å²) in [6, 6.07) is 58.6. The number of aromatic nitrogens is 2. The fourth-order valence-corrected chi connectivity index (χ4v) is 9.82. The SMILES string of the molecule is c1ccc2sc(-c3ccc(N(c4ccc(-c5nc6ccccc6s5)cc4)c4ccc(-c5cccc6sc7ccccc7c56)cc4)cc3)nc2c1. The van der Waals surface area contributed by atoms with Gasteiger partial charge in [0.25, 0.3) is 0 Å². The van der Waals surface area contributed by atoms with Gasteiger partial charge in [-0.15, -0.1) is 34.0 Å². The highest BCUT2D eigenvalue weighted by Crippen LogP contribution is 2.42. The number of rotatable bonds is 6. The average Bonchev–Trinajstić information content (AvgIpc) is 3.91. The topological polar surface area (TPSA) is 29.0 Å². The van der Waals surface area contributed by atoms with Crippen molar-refractivity contribution in [3.8, 4) is 32.3 Å². The lowest BCUT2D eigenvalue weighted by Crippen LogP contribution is -2.09. The lowest BCUT2D eigenvalue weighted by Gasteiger charge is -2.26. The van der Waals surface area contributed by atoms with Gasteiger partial charge in [-0.2, -0.15) is 0 Å². The van der Waals surface area contributed by atoms with E-state index in [4.69, 9.17) is 9.97 Å². The number of para-hydroxylation sites is 2. The number of anilines is 3. The lowest BCUT2D eigenvalue weighted by molar-refractivity contribution is 1.28. The van der Waals surface area contributed by atoms with E-state index in [0.717, 1.165) is 49.2 Å². The minimum atomic E-state index is 1.03. The third-order valence-corrected chi connectivity index (χ3v) is 12.5. The van der Waals surface area contributed by atoms with Crippen LogP contribution in [0.4, 0.5) is 17.1 Å². The number of nitrogens with zero attached hydrogens (tertiary/aromatic N) is 3. The Kier molecular flexibility index (Phi) is 7.05. The molecule has 0 bridgehead atoms. The minimum Gasteiger partial charge on any atom is -0.311 e. The summed E-state index contributed by atoms with van der Waals surface area (Å²) in [4.78, 5) is 12.1. The van der Waals surface area contributed by atoms with Crippen LogP contribution in [0, 0.1) is 0 Å². The molecular weight excluding hydrogens is 667 g/mol. The van der Waals surface area contributed by atoms with Gasteiger partial charge in [0, 0.05) is 48.4 Å². The highest BCUT2D eigenvalue weighted by Gasteiger charge is 2.16. The van der Waals surface area contributed by atoms with Crippen molar-refractivity contribution >= 4 is 91.7 Å². The van der Waals surface area contributed by atoms with Crippen molar-refractivity contribution in [3.63, 3.8) is 0 Å². The van der Waals surface area contributed by atoms with Crippen LogP contribution < -0.4 is 4.90 Å². The van der Waals surface area contributed by atoms with Gasteiger partial charge in [0.2, 0.25) is 0 Å². The van der Waals surface area contributed by atoms with Crippen molar-refractivity contribution in [2.24, 2.45) is 0 Å². The average molecular weight is 694 g/mol.